The van der Waals surface area contributed by atoms with E-state index in [0.717, 1.165) is 11.1 Å². The van der Waals surface area contributed by atoms with Gasteiger partial charge in [-0.05, 0) is 19.4 Å². The molecule has 1 aliphatic rings. The Bertz CT molecular complexity index is 554. The summed E-state index contributed by atoms with van der Waals surface area (Å²) in [4.78, 5) is 3.57. The molecule has 0 aromatic carbocycles. The summed E-state index contributed by atoms with van der Waals surface area (Å²) in [6.45, 7) is 1.91. The van der Waals surface area contributed by atoms with Crippen LogP contribution in [-0.4, -0.2) is 60.8 Å². The highest BCUT2D eigenvalue weighted by Crippen LogP contribution is 2.35. The molecule has 1 rings (SSSR count). The number of hydrogen-bond acceptors (Lipinski definition) is 7. The molecule has 0 spiro atoms. The molecule has 22 heavy (non-hydrogen) atoms. The molecule has 11 heteroatoms. The molecule has 0 aliphatic carbocycles. The van der Waals surface area contributed by atoms with Gasteiger partial charge in [0, 0.05) is 16.0 Å². The molecule has 0 saturated carbocycles. The molecule has 1 unspecified atom stereocenters. The molecule has 3 N–H and O–H groups in total. The standard InChI is InChI=1S/C11H15FN4O4S2/c1-5(21)7(12)3-16(6(2)22)10-8(18)9(19)11(4-17,20-10)14-15-13/h3,8-10,17-19H,4H2,1-2H3/b7-3+/t8-,9?,10+,11+/m0/s1. The number of aliphatic hydroxyl groups is 3. The Hall–Kier alpha value is -1.20. The van der Waals surface area contributed by atoms with Crippen LogP contribution in [0.3, 0.4) is 0 Å². The molecule has 0 bridgehead atoms. The lowest BCUT2D eigenvalue weighted by Crippen LogP contribution is -2.45. The summed E-state index contributed by atoms with van der Waals surface area (Å²) in [7, 11) is 0. The first-order valence-electron chi connectivity index (χ1n) is 6.08. The monoisotopic (exact) mass is 350 g/mol. The van der Waals surface area contributed by atoms with Crippen LogP contribution >= 0.6 is 24.4 Å². The summed E-state index contributed by atoms with van der Waals surface area (Å²) in [6, 6.07) is 0. The van der Waals surface area contributed by atoms with Gasteiger partial charge in [0.25, 0.3) is 0 Å². The number of hydrogen-bond donors (Lipinski definition) is 3. The Morgan fingerprint density at radius 1 is 1.50 bits per heavy atom. The number of azide groups is 1. The number of rotatable bonds is 5. The molecule has 0 aromatic rings. The molecule has 1 fully saturated rings. The number of halogens is 1. The summed E-state index contributed by atoms with van der Waals surface area (Å²) in [6.07, 6.45) is -3.77. The van der Waals surface area contributed by atoms with E-state index in [-0.39, 0.29) is 9.85 Å². The predicted molar refractivity (Wildman–Crippen MR) is 83.4 cm³/mol. The Kier molecular flexibility index (Phi) is 6.32. The fourth-order valence-corrected chi connectivity index (χ4v) is 2.08. The van der Waals surface area contributed by atoms with E-state index in [1.165, 1.54) is 13.8 Å². The van der Waals surface area contributed by atoms with Gasteiger partial charge < -0.3 is 25.0 Å². The van der Waals surface area contributed by atoms with E-state index in [4.69, 9.17) is 22.5 Å². The first kappa shape index (κ1) is 18.8. The molecular weight excluding hydrogens is 335 g/mol. The van der Waals surface area contributed by atoms with Crippen LogP contribution in [0.5, 0.6) is 0 Å². The van der Waals surface area contributed by atoms with Gasteiger partial charge in [0.1, 0.15) is 12.2 Å². The van der Waals surface area contributed by atoms with E-state index in [0.29, 0.717) is 0 Å². The van der Waals surface area contributed by atoms with E-state index >= 15 is 0 Å². The van der Waals surface area contributed by atoms with E-state index in [1.807, 2.05) is 0 Å². The molecule has 122 valence electrons. The summed E-state index contributed by atoms with van der Waals surface area (Å²) >= 11 is 9.65. The van der Waals surface area contributed by atoms with Crippen molar-refractivity contribution in [1.82, 2.24) is 4.90 Å². The highest BCUT2D eigenvalue weighted by atomic mass is 32.1. The van der Waals surface area contributed by atoms with Gasteiger partial charge >= 0.3 is 0 Å². The third kappa shape index (κ3) is 3.58. The van der Waals surface area contributed by atoms with Gasteiger partial charge in [-0.15, -0.1) is 0 Å². The van der Waals surface area contributed by atoms with Crippen LogP contribution in [0.1, 0.15) is 13.8 Å². The quantitative estimate of drug-likeness (QED) is 0.221. The minimum Gasteiger partial charge on any atom is -0.393 e. The van der Waals surface area contributed by atoms with Gasteiger partial charge in [-0.3, -0.25) is 0 Å². The molecule has 1 heterocycles. The number of nitrogens with zero attached hydrogens (tertiary/aromatic N) is 4. The fraction of sp³-hybridized carbons (Fsp3) is 0.636. The zero-order valence-electron chi connectivity index (χ0n) is 11.7. The second-order valence-electron chi connectivity index (χ2n) is 4.60. The van der Waals surface area contributed by atoms with Crippen LogP contribution in [-0.2, 0) is 4.74 Å². The molecule has 1 aliphatic heterocycles. The Labute approximate surface area is 136 Å². The third-order valence-electron chi connectivity index (χ3n) is 3.07. The van der Waals surface area contributed by atoms with Crippen LogP contribution < -0.4 is 0 Å². The van der Waals surface area contributed by atoms with Crippen molar-refractivity contribution >= 4 is 34.3 Å². The largest absolute Gasteiger partial charge is 0.393 e. The maximum atomic E-state index is 13.7. The molecular formula is C11H15FN4O4S2. The average molecular weight is 350 g/mol. The van der Waals surface area contributed by atoms with Gasteiger partial charge in [-0.2, -0.15) is 0 Å². The van der Waals surface area contributed by atoms with Gasteiger partial charge in [0.05, 0.1) is 11.6 Å². The zero-order valence-corrected chi connectivity index (χ0v) is 13.4. The molecule has 0 aromatic heterocycles. The minimum absolute atomic E-state index is 0.0437. The Morgan fingerprint density at radius 2 is 2.09 bits per heavy atom. The highest BCUT2D eigenvalue weighted by Gasteiger charge is 2.55. The van der Waals surface area contributed by atoms with Crippen LogP contribution in [0, 0.1) is 0 Å². The van der Waals surface area contributed by atoms with Crippen molar-refractivity contribution in [1.29, 1.82) is 0 Å². The fourth-order valence-electron chi connectivity index (χ4n) is 1.87. The topological polar surface area (TPSA) is 122 Å². The second kappa shape index (κ2) is 7.38. The molecule has 0 radical (unpaired) electrons. The SMILES string of the molecule is CC(=S)/C(F)=C\N(C(C)=S)[C@@H]1O[C@@](CO)(N=[N+]=[N-])C(O)[C@@H]1O. The van der Waals surface area contributed by atoms with Crippen LogP contribution in [0.2, 0.25) is 0 Å². The normalized spacial score (nSPS) is 31.5. The summed E-state index contributed by atoms with van der Waals surface area (Å²) in [5.41, 5.74) is 6.44. The second-order valence-corrected chi connectivity index (χ2v) is 5.80. The highest BCUT2D eigenvalue weighted by molar-refractivity contribution is 7.80. The smallest absolute Gasteiger partial charge is 0.200 e. The lowest BCUT2D eigenvalue weighted by atomic mass is 10.1. The van der Waals surface area contributed by atoms with Gasteiger partial charge in [0.15, 0.2) is 12.1 Å². The number of thiocarbonyl (C=S) groups is 2. The lowest BCUT2D eigenvalue weighted by molar-refractivity contribution is -0.125. The average Bonchev–Trinajstić information content (AvgIpc) is 2.70. The van der Waals surface area contributed by atoms with E-state index in [2.05, 4.69) is 22.2 Å². The van der Waals surface area contributed by atoms with E-state index < -0.39 is 36.6 Å². The maximum Gasteiger partial charge on any atom is 0.200 e. The molecule has 0 amide bonds. The van der Waals surface area contributed by atoms with Crippen molar-refractivity contribution in [3.63, 3.8) is 0 Å². The van der Waals surface area contributed by atoms with Gasteiger partial charge in [0.2, 0.25) is 5.72 Å². The van der Waals surface area contributed by atoms with Crippen LogP contribution in [0.4, 0.5) is 4.39 Å². The van der Waals surface area contributed by atoms with Crippen LogP contribution in [0.15, 0.2) is 17.1 Å². The maximum absolute atomic E-state index is 13.7. The number of ether oxygens (including phenoxy) is 1. The summed E-state index contributed by atoms with van der Waals surface area (Å²) in [5.74, 6) is -0.783. The number of aliphatic hydroxyl groups excluding tert-OH is 3. The lowest BCUT2D eigenvalue weighted by Gasteiger charge is -2.29. The molecule has 8 nitrogen and oxygen atoms in total. The minimum atomic E-state index is -2.08. The Morgan fingerprint density at radius 3 is 2.50 bits per heavy atom. The van der Waals surface area contributed by atoms with Crippen molar-refractivity contribution in [2.75, 3.05) is 6.61 Å². The van der Waals surface area contributed by atoms with Crippen molar-refractivity contribution in [3.8, 4) is 0 Å². The molecule has 4 atom stereocenters. The third-order valence-corrected chi connectivity index (χ3v) is 3.48. The van der Waals surface area contributed by atoms with Crippen molar-refractivity contribution in [2.24, 2.45) is 5.11 Å². The predicted octanol–water partition coefficient (Wildman–Crippen LogP) is 0.913. The summed E-state index contributed by atoms with van der Waals surface area (Å²) < 4.78 is 19.0. The van der Waals surface area contributed by atoms with Crippen LogP contribution in [0.25, 0.3) is 10.4 Å². The first-order valence-corrected chi connectivity index (χ1v) is 6.90. The van der Waals surface area contributed by atoms with Crippen molar-refractivity contribution < 1.29 is 24.4 Å². The summed E-state index contributed by atoms with van der Waals surface area (Å²) in [5, 5.41) is 32.6. The first-order chi connectivity index (χ1) is 10.2. The van der Waals surface area contributed by atoms with Gasteiger partial charge in [-0.1, -0.05) is 29.5 Å². The Balaban J connectivity index is 3.23. The zero-order chi connectivity index (χ0) is 17.1. The van der Waals surface area contributed by atoms with Crippen molar-refractivity contribution in [2.45, 2.75) is 38.0 Å². The van der Waals surface area contributed by atoms with E-state index in [9.17, 15) is 19.7 Å². The molecule has 1 saturated heterocycles. The van der Waals surface area contributed by atoms with Gasteiger partial charge in [-0.25, -0.2) is 4.39 Å². The van der Waals surface area contributed by atoms with E-state index in [1.54, 1.807) is 0 Å². The van der Waals surface area contributed by atoms with Crippen molar-refractivity contribution in [3.05, 3.63) is 22.5 Å². The number of allylic oxidation sites excluding steroid dienone is 1.